The summed E-state index contributed by atoms with van der Waals surface area (Å²) in [6.07, 6.45) is -0.805. The summed E-state index contributed by atoms with van der Waals surface area (Å²) in [7, 11) is 0. The first-order valence-electron chi connectivity index (χ1n) is 4.53. The maximum Gasteiger partial charge on any atom is 0.404 e. The molecule has 0 fully saturated rings. The molecule has 6 heteroatoms. The Kier molecular flexibility index (Phi) is 5.42. The zero-order valence-corrected chi connectivity index (χ0v) is 10.8. The molecule has 0 aliphatic heterocycles. The third-order valence-corrected chi connectivity index (χ3v) is 2.59. The third-order valence-electron chi connectivity index (χ3n) is 1.75. The van der Waals surface area contributed by atoms with Crippen LogP contribution in [0.4, 0.5) is 4.79 Å². The number of hydrogen-bond donors (Lipinski definition) is 1. The van der Waals surface area contributed by atoms with E-state index in [-0.39, 0.29) is 13.2 Å². The van der Waals surface area contributed by atoms with Gasteiger partial charge in [-0.25, -0.2) is 4.79 Å². The number of amides is 1. The van der Waals surface area contributed by atoms with Crippen LogP contribution in [0.2, 0.25) is 5.02 Å². The van der Waals surface area contributed by atoms with E-state index in [0.29, 0.717) is 16.1 Å². The van der Waals surface area contributed by atoms with Gasteiger partial charge in [-0.1, -0.05) is 27.5 Å². The average molecular weight is 309 g/mol. The lowest BCUT2D eigenvalue weighted by Gasteiger charge is -2.10. The minimum Gasteiger partial charge on any atom is -0.490 e. The number of halogens is 2. The van der Waals surface area contributed by atoms with Gasteiger partial charge in [-0.3, -0.25) is 0 Å². The molecule has 0 spiro atoms. The molecule has 0 atom stereocenters. The first kappa shape index (κ1) is 13.1. The fourth-order valence-corrected chi connectivity index (χ4v) is 1.72. The summed E-state index contributed by atoms with van der Waals surface area (Å²) in [6.45, 7) is 0.379. The molecule has 0 bridgehead atoms. The van der Waals surface area contributed by atoms with Crippen LogP contribution in [0.1, 0.15) is 5.56 Å². The summed E-state index contributed by atoms with van der Waals surface area (Å²) < 4.78 is 9.95. The molecule has 0 saturated heterocycles. The van der Waals surface area contributed by atoms with Gasteiger partial charge >= 0.3 is 6.09 Å². The number of carbonyl (C=O) groups is 1. The van der Waals surface area contributed by atoms with Gasteiger partial charge in [0.25, 0.3) is 0 Å². The van der Waals surface area contributed by atoms with E-state index in [9.17, 15) is 4.79 Å². The Morgan fingerprint density at radius 1 is 1.44 bits per heavy atom. The van der Waals surface area contributed by atoms with Crippen molar-refractivity contribution in [2.24, 2.45) is 5.73 Å². The van der Waals surface area contributed by atoms with E-state index in [0.717, 1.165) is 5.56 Å². The van der Waals surface area contributed by atoms with Gasteiger partial charge in [0.1, 0.15) is 19.0 Å². The number of hydrogen-bond acceptors (Lipinski definition) is 3. The molecule has 0 aliphatic rings. The van der Waals surface area contributed by atoms with Crippen molar-refractivity contribution in [1.82, 2.24) is 0 Å². The molecule has 1 rings (SSSR count). The summed E-state index contributed by atoms with van der Waals surface area (Å²) in [5.41, 5.74) is 5.74. The standard InChI is InChI=1S/C10H11BrClNO3/c11-6-7-5-8(12)1-2-9(7)15-3-4-16-10(13)14/h1-2,5H,3-4,6H2,(H2,13,14). The SMILES string of the molecule is NC(=O)OCCOc1ccc(Cl)cc1CBr. The van der Waals surface area contributed by atoms with Crippen LogP contribution in [-0.4, -0.2) is 19.3 Å². The molecule has 2 N–H and O–H groups in total. The largest absolute Gasteiger partial charge is 0.490 e. The number of carbonyl (C=O) groups excluding carboxylic acids is 1. The third kappa shape index (κ3) is 4.28. The summed E-state index contributed by atoms with van der Waals surface area (Å²) in [5.74, 6) is 0.703. The number of nitrogens with two attached hydrogens (primary N) is 1. The number of ether oxygens (including phenoxy) is 2. The second-order valence-electron chi connectivity index (χ2n) is 2.90. The van der Waals surface area contributed by atoms with Crippen molar-refractivity contribution in [2.75, 3.05) is 13.2 Å². The van der Waals surface area contributed by atoms with Crippen LogP contribution in [0.25, 0.3) is 0 Å². The Bertz CT molecular complexity index is 373. The minimum absolute atomic E-state index is 0.125. The van der Waals surface area contributed by atoms with Crippen molar-refractivity contribution in [3.8, 4) is 5.75 Å². The predicted octanol–water partition coefficient (Wildman–Crippen LogP) is 2.71. The summed E-state index contributed by atoms with van der Waals surface area (Å²) in [5, 5.41) is 1.29. The molecular formula is C10H11BrClNO3. The van der Waals surface area contributed by atoms with E-state index in [2.05, 4.69) is 20.7 Å². The van der Waals surface area contributed by atoms with Crippen LogP contribution in [0.3, 0.4) is 0 Å². The summed E-state index contributed by atoms with van der Waals surface area (Å²) in [4.78, 5) is 10.3. The van der Waals surface area contributed by atoms with Gasteiger partial charge in [-0.15, -0.1) is 0 Å². The van der Waals surface area contributed by atoms with Gasteiger partial charge in [0.15, 0.2) is 0 Å². The molecule has 4 nitrogen and oxygen atoms in total. The van der Waals surface area contributed by atoms with Gasteiger partial charge in [-0.05, 0) is 18.2 Å². The predicted molar refractivity (Wildman–Crippen MR) is 65.1 cm³/mol. The smallest absolute Gasteiger partial charge is 0.404 e. The monoisotopic (exact) mass is 307 g/mol. The van der Waals surface area contributed by atoms with E-state index in [4.69, 9.17) is 22.1 Å². The van der Waals surface area contributed by atoms with Crippen molar-refractivity contribution >= 4 is 33.6 Å². The van der Waals surface area contributed by atoms with Crippen molar-refractivity contribution < 1.29 is 14.3 Å². The first-order valence-corrected chi connectivity index (χ1v) is 6.03. The highest BCUT2D eigenvalue weighted by atomic mass is 79.9. The Morgan fingerprint density at radius 2 is 2.19 bits per heavy atom. The van der Waals surface area contributed by atoms with Gasteiger partial charge in [0, 0.05) is 15.9 Å². The highest BCUT2D eigenvalue weighted by Gasteiger charge is 2.03. The molecule has 0 aromatic heterocycles. The van der Waals surface area contributed by atoms with Crippen molar-refractivity contribution in [3.63, 3.8) is 0 Å². The van der Waals surface area contributed by atoms with Gasteiger partial charge in [0.05, 0.1) is 0 Å². The highest BCUT2D eigenvalue weighted by Crippen LogP contribution is 2.24. The van der Waals surface area contributed by atoms with Crippen LogP contribution < -0.4 is 10.5 Å². The van der Waals surface area contributed by atoms with Crippen LogP contribution in [0.5, 0.6) is 5.75 Å². The molecule has 0 unspecified atom stereocenters. The maximum atomic E-state index is 10.3. The van der Waals surface area contributed by atoms with Crippen LogP contribution in [-0.2, 0) is 10.1 Å². The fraction of sp³-hybridized carbons (Fsp3) is 0.300. The van der Waals surface area contributed by atoms with Crippen LogP contribution in [0.15, 0.2) is 18.2 Å². The molecule has 1 aromatic carbocycles. The normalized spacial score (nSPS) is 9.88. The molecule has 1 amide bonds. The molecule has 88 valence electrons. The maximum absolute atomic E-state index is 10.3. The van der Waals surface area contributed by atoms with Crippen molar-refractivity contribution in [2.45, 2.75) is 5.33 Å². The van der Waals surface area contributed by atoms with E-state index in [1.807, 2.05) is 0 Å². The zero-order valence-electron chi connectivity index (χ0n) is 8.41. The minimum atomic E-state index is -0.805. The first-order chi connectivity index (χ1) is 7.63. The molecule has 1 aromatic rings. The molecule has 16 heavy (non-hydrogen) atoms. The van der Waals surface area contributed by atoms with Gasteiger partial charge in [0.2, 0.25) is 0 Å². The van der Waals surface area contributed by atoms with Crippen molar-refractivity contribution in [3.05, 3.63) is 28.8 Å². The van der Waals surface area contributed by atoms with E-state index >= 15 is 0 Å². The Hall–Kier alpha value is -0.940. The topological polar surface area (TPSA) is 61.6 Å². The zero-order chi connectivity index (χ0) is 12.0. The van der Waals surface area contributed by atoms with Crippen LogP contribution in [0, 0.1) is 0 Å². The van der Waals surface area contributed by atoms with Crippen LogP contribution >= 0.6 is 27.5 Å². The lowest BCUT2D eigenvalue weighted by molar-refractivity contribution is 0.133. The van der Waals surface area contributed by atoms with Gasteiger partial charge < -0.3 is 15.2 Å². The number of rotatable bonds is 5. The van der Waals surface area contributed by atoms with Gasteiger partial charge in [-0.2, -0.15) is 0 Å². The Balaban J connectivity index is 2.50. The van der Waals surface area contributed by atoms with E-state index in [1.165, 1.54) is 0 Å². The highest BCUT2D eigenvalue weighted by molar-refractivity contribution is 9.08. The number of primary amides is 1. The second kappa shape index (κ2) is 6.60. The Labute approximate surface area is 107 Å². The molecule has 0 saturated carbocycles. The average Bonchev–Trinajstić information content (AvgIpc) is 2.25. The summed E-state index contributed by atoms with van der Waals surface area (Å²) in [6, 6.07) is 5.31. The molecule has 0 aliphatic carbocycles. The quantitative estimate of drug-likeness (QED) is 0.672. The molecular weight excluding hydrogens is 297 g/mol. The Morgan fingerprint density at radius 3 is 2.81 bits per heavy atom. The van der Waals surface area contributed by atoms with Crippen molar-refractivity contribution in [1.29, 1.82) is 0 Å². The number of benzene rings is 1. The number of alkyl halides is 1. The lowest BCUT2D eigenvalue weighted by Crippen LogP contribution is -2.17. The summed E-state index contributed by atoms with van der Waals surface area (Å²) >= 11 is 9.17. The van der Waals surface area contributed by atoms with E-state index < -0.39 is 6.09 Å². The molecule has 0 heterocycles. The second-order valence-corrected chi connectivity index (χ2v) is 3.90. The molecule has 0 radical (unpaired) electrons. The lowest BCUT2D eigenvalue weighted by atomic mass is 10.2. The fourth-order valence-electron chi connectivity index (χ4n) is 1.09. The van der Waals surface area contributed by atoms with E-state index in [1.54, 1.807) is 18.2 Å².